The van der Waals surface area contributed by atoms with Crippen LogP contribution in [-0.4, -0.2) is 40.9 Å². The molecular formula is C17H31NO3. The lowest BCUT2D eigenvalue weighted by atomic mass is 9.76. The Morgan fingerprint density at radius 1 is 1.14 bits per heavy atom. The summed E-state index contributed by atoms with van der Waals surface area (Å²) < 4.78 is 5.86. The Kier molecular flexibility index (Phi) is 5.91. The fourth-order valence-electron chi connectivity index (χ4n) is 3.82. The summed E-state index contributed by atoms with van der Waals surface area (Å²) in [5, 5.41) is 10.9. The molecule has 1 saturated carbocycles. The molecule has 122 valence electrons. The standard InChI is InChI=1S/C17H31NO3/c1-3-17(20,4-2)15(14-10-6-5-7-11-14)21-16(19)18-12-8-9-13-18/h14-15,20H,3-13H2,1-2H3. The first-order valence-corrected chi connectivity index (χ1v) is 8.78. The van der Waals surface area contributed by atoms with Crippen molar-refractivity contribution in [2.75, 3.05) is 13.1 Å². The molecule has 2 rings (SSSR count). The Balaban J connectivity index is 2.08. The zero-order valence-electron chi connectivity index (χ0n) is 13.6. The van der Waals surface area contributed by atoms with Crippen LogP contribution < -0.4 is 0 Å². The summed E-state index contributed by atoms with van der Waals surface area (Å²) in [7, 11) is 0. The van der Waals surface area contributed by atoms with Crippen LogP contribution in [0.15, 0.2) is 0 Å². The molecule has 0 aromatic carbocycles. The average molecular weight is 297 g/mol. The van der Waals surface area contributed by atoms with Crippen molar-refractivity contribution in [2.24, 2.45) is 5.92 Å². The topological polar surface area (TPSA) is 49.8 Å². The molecule has 2 aliphatic rings. The molecular weight excluding hydrogens is 266 g/mol. The molecule has 0 bridgehead atoms. The lowest BCUT2D eigenvalue weighted by molar-refractivity contribution is -0.118. The van der Waals surface area contributed by atoms with Gasteiger partial charge in [-0.2, -0.15) is 0 Å². The van der Waals surface area contributed by atoms with E-state index in [9.17, 15) is 9.90 Å². The molecule has 1 N–H and O–H groups in total. The number of hydrogen-bond acceptors (Lipinski definition) is 3. The van der Waals surface area contributed by atoms with E-state index in [0.29, 0.717) is 18.8 Å². The first-order chi connectivity index (χ1) is 10.1. The molecule has 0 aromatic heterocycles. The Morgan fingerprint density at radius 2 is 1.71 bits per heavy atom. The van der Waals surface area contributed by atoms with Gasteiger partial charge in [0.05, 0.1) is 0 Å². The van der Waals surface area contributed by atoms with Crippen LogP contribution in [0.1, 0.15) is 71.6 Å². The van der Waals surface area contributed by atoms with Crippen molar-refractivity contribution < 1.29 is 14.6 Å². The largest absolute Gasteiger partial charge is 0.443 e. The number of aliphatic hydroxyl groups is 1. The van der Waals surface area contributed by atoms with E-state index < -0.39 is 5.60 Å². The number of likely N-dealkylation sites (tertiary alicyclic amines) is 1. The van der Waals surface area contributed by atoms with Crippen LogP contribution in [0.5, 0.6) is 0 Å². The van der Waals surface area contributed by atoms with Gasteiger partial charge in [0.25, 0.3) is 0 Å². The molecule has 0 spiro atoms. The molecule has 0 radical (unpaired) electrons. The first kappa shape index (κ1) is 16.6. The number of nitrogens with zero attached hydrogens (tertiary/aromatic N) is 1. The van der Waals surface area contributed by atoms with Gasteiger partial charge in [-0.25, -0.2) is 4.79 Å². The SMILES string of the molecule is CCC(O)(CC)C(OC(=O)N1CCCC1)C1CCCCC1. The van der Waals surface area contributed by atoms with Gasteiger partial charge >= 0.3 is 6.09 Å². The minimum atomic E-state index is -0.878. The third-order valence-electron chi connectivity index (χ3n) is 5.42. The summed E-state index contributed by atoms with van der Waals surface area (Å²) in [4.78, 5) is 14.2. The summed E-state index contributed by atoms with van der Waals surface area (Å²) in [6.07, 6.45) is 8.61. The quantitative estimate of drug-likeness (QED) is 0.841. The van der Waals surface area contributed by atoms with Crippen LogP contribution in [0.25, 0.3) is 0 Å². The Hall–Kier alpha value is -0.770. The Labute approximate surface area is 128 Å². The molecule has 1 aliphatic heterocycles. The minimum absolute atomic E-state index is 0.219. The van der Waals surface area contributed by atoms with Gasteiger partial charge in [-0.15, -0.1) is 0 Å². The number of hydrogen-bond donors (Lipinski definition) is 1. The van der Waals surface area contributed by atoms with Crippen LogP contribution in [0.2, 0.25) is 0 Å². The van der Waals surface area contributed by atoms with E-state index in [-0.39, 0.29) is 12.2 Å². The maximum absolute atomic E-state index is 12.4. The summed E-state index contributed by atoms with van der Waals surface area (Å²) in [5.74, 6) is 0.315. The highest BCUT2D eigenvalue weighted by molar-refractivity contribution is 5.68. The van der Waals surface area contributed by atoms with Crippen LogP contribution >= 0.6 is 0 Å². The highest BCUT2D eigenvalue weighted by Crippen LogP contribution is 2.36. The van der Waals surface area contributed by atoms with Gasteiger partial charge in [-0.05, 0) is 44.4 Å². The summed E-state index contributed by atoms with van der Waals surface area (Å²) in [5.41, 5.74) is -0.878. The number of rotatable bonds is 5. The molecule has 1 aliphatic carbocycles. The van der Waals surface area contributed by atoms with Gasteiger partial charge in [-0.1, -0.05) is 33.1 Å². The number of amides is 1. The van der Waals surface area contributed by atoms with Crippen LogP contribution in [0.4, 0.5) is 4.79 Å². The van der Waals surface area contributed by atoms with Gasteiger partial charge < -0.3 is 14.7 Å². The summed E-state index contributed by atoms with van der Waals surface area (Å²) >= 11 is 0. The first-order valence-electron chi connectivity index (χ1n) is 8.78. The van der Waals surface area contributed by atoms with Crippen molar-refractivity contribution >= 4 is 6.09 Å². The molecule has 1 amide bonds. The highest BCUT2D eigenvalue weighted by Gasteiger charge is 2.42. The van der Waals surface area contributed by atoms with Crippen molar-refractivity contribution in [3.63, 3.8) is 0 Å². The van der Waals surface area contributed by atoms with E-state index >= 15 is 0 Å². The predicted octanol–water partition coefficient (Wildman–Crippen LogP) is 3.72. The second-order valence-corrected chi connectivity index (χ2v) is 6.71. The second-order valence-electron chi connectivity index (χ2n) is 6.71. The minimum Gasteiger partial charge on any atom is -0.443 e. The van der Waals surface area contributed by atoms with Crippen molar-refractivity contribution in [2.45, 2.75) is 83.3 Å². The van der Waals surface area contributed by atoms with Crippen LogP contribution in [0, 0.1) is 5.92 Å². The Bertz CT molecular complexity index is 329. The highest BCUT2D eigenvalue weighted by atomic mass is 16.6. The molecule has 4 nitrogen and oxygen atoms in total. The molecule has 0 aromatic rings. The Morgan fingerprint density at radius 3 is 2.24 bits per heavy atom. The van der Waals surface area contributed by atoms with Crippen molar-refractivity contribution in [3.8, 4) is 0 Å². The normalized spacial score (nSPS) is 22.3. The van der Waals surface area contributed by atoms with E-state index in [1.807, 2.05) is 13.8 Å². The predicted molar refractivity (Wildman–Crippen MR) is 83.2 cm³/mol. The molecule has 1 saturated heterocycles. The molecule has 1 heterocycles. The average Bonchev–Trinajstić information content (AvgIpc) is 3.07. The van der Waals surface area contributed by atoms with E-state index in [2.05, 4.69) is 0 Å². The lowest BCUT2D eigenvalue weighted by Crippen LogP contribution is -2.50. The second kappa shape index (κ2) is 7.48. The van der Waals surface area contributed by atoms with Crippen LogP contribution in [0.3, 0.4) is 0 Å². The summed E-state index contributed by atoms with van der Waals surface area (Å²) in [6.45, 7) is 5.58. The van der Waals surface area contributed by atoms with E-state index in [1.54, 1.807) is 4.90 Å². The van der Waals surface area contributed by atoms with Crippen LogP contribution in [-0.2, 0) is 4.74 Å². The van der Waals surface area contributed by atoms with Crippen molar-refractivity contribution in [3.05, 3.63) is 0 Å². The maximum Gasteiger partial charge on any atom is 0.410 e. The summed E-state index contributed by atoms with van der Waals surface area (Å²) in [6, 6.07) is 0. The number of carbonyl (C=O) groups excluding carboxylic acids is 1. The monoisotopic (exact) mass is 297 g/mol. The zero-order valence-corrected chi connectivity index (χ0v) is 13.6. The molecule has 21 heavy (non-hydrogen) atoms. The number of carbonyl (C=O) groups is 1. The lowest BCUT2D eigenvalue weighted by Gasteiger charge is -2.41. The molecule has 2 fully saturated rings. The van der Waals surface area contributed by atoms with E-state index in [4.69, 9.17) is 4.74 Å². The van der Waals surface area contributed by atoms with E-state index in [1.165, 1.54) is 19.3 Å². The van der Waals surface area contributed by atoms with Gasteiger partial charge in [0.15, 0.2) is 0 Å². The van der Waals surface area contributed by atoms with Gasteiger partial charge in [0, 0.05) is 13.1 Å². The van der Waals surface area contributed by atoms with Crippen molar-refractivity contribution in [1.29, 1.82) is 0 Å². The third-order valence-corrected chi connectivity index (χ3v) is 5.42. The smallest absolute Gasteiger partial charge is 0.410 e. The van der Waals surface area contributed by atoms with Gasteiger partial charge in [0.1, 0.15) is 11.7 Å². The third kappa shape index (κ3) is 3.91. The number of ether oxygens (including phenoxy) is 1. The fraction of sp³-hybridized carbons (Fsp3) is 0.941. The van der Waals surface area contributed by atoms with Gasteiger partial charge in [0.2, 0.25) is 0 Å². The molecule has 4 heteroatoms. The van der Waals surface area contributed by atoms with E-state index in [0.717, 1.165) is 38.8 Å². The molecule has 1 atom stereocenters. The van der Waals surface area contributed by atoms with Gasteiger partial charge in [-0.3, -0.25) is 0 Å². The zero-order chi connectivity index (χ0) is 15.3. The van der Waals surface area contributed by atoms with Crippen molar-refractivity contribution in [1.82, 2.24) is 4.90 Å². The maximum atomic E-state index is 12.4. The molecule has 1 unspecified atom stereocenters. The fourth-order valence-corrected chi connectivity index (χ4v) is 3.82.